The number of fused-ring (bicyclic) bond motifs is 1. The van der Waals surface area contributed by atoms with Gasteiger partial charge in [-0.15, -0.1) is 11.6 Å². The lowest BCUT2D eigenvalue weighted by atomic mass is 9.58. The van der Waals surface area contributed by atoms with Gasteiger partial charge >= 0.3 is 0 Å². The number of halogens is 1. The SMILES string of the molecule is Cc1ccc(-c2cnc(NC(=O)C34CC3C3(Cl)c5ccccc5C4c4ccccc43)[nH]2)c2ccccc12. The Hall–Kier alpha value is -3.89. The molecule has 1 saturated carbocycles. The van der Waals surface area contributed by atoms with Gasteiger partial charge in [-0.3, -0.25) is 10.1 Å². The van der Waals surface area contributed by atoms with Crippen molar-refractivity contribution in [2.45, 2.75) is 24.1 Å². The average Bonchev–Trinajstić information content (AvgIpc) is 3.57. The van der Waals surface area contributed by atoms with E-state index in [1.165, 1.54) is 22.1 Å². The summed E-state index contributed by atoms with van der Waals surface area (Å²) in [6.45, 7) is 2.12. The number of aromatic nitrogens is 2. The first-order valence-electron chi connectivity index (χ1n) is 12.8. The van der Waals surface area contributed by atoms with Gasteiger partial charge < -0.3 is 4.98 Å². The summed E-state index contributed by atoms with van der Waals surface area (Å²) in [5, 5.41) is 5.51. The molecule has 1 aromatic heterocycles. The number of nitrogens with one attached hydrogen (secondary N) is 2. The summed E-state index contributed by atoms with van der Waals surface area (Å²) in [5.74, 6) is 0.496. The Balaban J connectivity index is 1.18. The number of alkyl halides is 1. The van der Waals surface area contributed by atoms with E-state index < -0.39 is 10.3 Å². The van der Waals surface area contributed by atoms with E-state index in [1.807, 2.05) is 6.07 Å². The fourth-order valence-corrected chi connectivity index (χ4v) is 7.92. The van der Waals surface area contributed by atoms with Gasteiger partial charge in [0, 0.05) is 17.4 Å². The van der Waals surface area contributed by atoms with Gasteiger partial charge in [-0.2, -0.15) is 0 Å². The minimum absolute atomic E-state index is 0.00815. The second-order valence-corrected chi connectivity index (χ2v) is 11.3. The van der Waals surface area contributed by atoms with E-state index in [4.69, 9.17) is 11.6 Å². The van der Waals surface area contributed by atoms with Crippen molar-refractivity contribution < 1.29 is 4.79 Å². The summed E-state index contributed by atoms with van der Waals surface area (Å²) < 4.78 is 0. The molecule has 2 atom stereocenters. The maximum absolute atomic E-state index is 14.1. The summed E-state index contributed by atoms with van der Waals surface area (Å²) in [6, 6.07) is 29.4. The molecule has 2 N–H and O–H groups in total. The Kier molecular flexibility index (Phi) is 4.08. The second-order valence-electron chi connectivity index (χ2n) is 10.7. The molecule has 4 aliphatic rings. The number of imidazole rings is 1. The molecule has 0 radical (unpaired) electrons. The van der Waals surface area contributed by atoms with Gasteiger partial charge in [-0.1, -0.05) is 84.9 Å². The molecule has 2 bridgehead atoms. The van der Waals surface area contributed by atoms with Crippen LogP contribution < -0.4 is 5.32 Å². The maximum atomic E-state index is 14.1. The fourth-order valence-electron chi connectivity index (χ4n) is 7.31. The molecule has 4 aliphatic carbocycles. The van der Waals surface area contributed by atoms with Crippen LogP contribution in [0.15, 0.2) is 91.1 Å². The van der Waals surface area contributed by atoms with Crippen molar-refractivity contribution in [3.05, 3.63) is 119 Å². The predicted molar refractivity (Wildman–Crippen MR) is 147 cm³/mol. The lowest BCUT2D eigenvalue weighted by Crippen LogP contribution is -2.47. The number of aryl methyl sites for hydroxylation is 1. The van der Waals surface area contributed by atoms with Crippen LogP contribution in [-0.4, -0.2) is 15.9 Å². The van der Waals surface area contributed by atoms with E-state index in [9.17, 15) is 4.79 Å². The normalized spacial score (nSPS) is 26.3. The first kappa shape index (κ1) is 21.2. The average molecular weight is 502 g/mol. The van der Waals surface area contributed by atoms with Crippen LogP contribution in [-0.2, 0) is 9.67 Å². The Morgan fingerprint density at radius 2 is 1.57 bits per heavy atom. The number of hydrogen-bond acceptors (Lipinski definition) is 2. The zero-order valence-corrected chi connectivity index (χ0v) is 21.0. The predicted octanol–water partition coefficient (Wildman–Crippen LogP) is 7.12. The van der Waals surface area contributed by atoms with Gasteiger partial charge in [0.15, 0.2) is 0 Å². The molecule has 4 aromatic carbocycles. The number of rotatable bonds is 3. The molecule has 5 aromatic rings. The van der Waals surface area contributed by atoms with Crippen molar-refractivity contribution >= 4 is 34.2 Å². The van der Waals surface area contributed by atoms with Crippen LogP contribution in [0.2, 0.25) is 0 Å². The molecule has 1 amide bonds. The number of amides is 1. The van der Waals surface area contributed by atoms with Crippen LogP contribution in [0.4, 0.5) is 5.95 Å². The molecule has 1 heterocycles. The second kappa shape index (κ2) is 7.11. The number of hydrogen-bond donors (Lipinski definition) is 2. The highest BCUT2D eigenvalue weighted by Gasteiger charge is 2.78. The molecule has 180 valence electrons. The highest BCUT2D eigenvalue weighted by molar-refractivity contribution is 6.28. The summed E-state index contributed by atoms with van der Waals surface area (Å²) >= 11 is 7.54. The fraction of sp³-hybridized carbons (Fsp3) is 0.188. The van der Waals surface area contributed by atoms with Crippen molar-refractivity contribution in [2.24, 2.45) is 11.3 Å². The molecule has 4 nitrogen and oxygen atoms in total. The Morgan fingerprint density at radius 1 is 0.919 bits per heavy atom. The van der Waals surface area contributed by atoms with Crippen LogP contribution >= 0.6 is 11.6 Å². The van der Waals surface area contributed by atoms with Crippen LogP contribution in [0.1, 0.15) is 40.2 Å². The molecule has 1 fully saturated rings. The third kappa shape index (κ3) is 2.59. The van der Waals surface area contributed by atoms with Crippen LogP contribution in [0.25, 0.3) is 22.0 Å². The number of nitrogens with zero attached hydrogens (tertiary/aromatic N) is 1. The molecule has 37 heavy (non-hydrogen) atoms. The van der Waals surface area contributed by atoms with Crippen molar-refractivity contribution in [1.29, 1.82) is 0 Å². The molecule has 0 saturated heterocycles. The Morgan fingerprint density at radius 3 is 2.30 bits per heavy atom. The van der Waals surface area contributed by atoms with E-state index in [-0.39, 0.29) is 17.7 Å². The van der Waals surface area contributed by atoms with Gasteiger partial charge in [0.1, 0.15) is 0 Å². The standard InChI is InChI=1S/C32H24ClN3O/c1-18-14-15-21(20-9-3-2-8-19(18)20)26-17-34-30(35-26)36-29(37)31-16-27(31)32(33)24-12-6-4-10-22(24)28(31)23-11-5-7-13-25(23)32/h2-15,17,27-28H,16H2,1H3,(H2,34,35,36,37). The monoisotopic (exact) mass is 501 g/mol. The first-order chi connectivity index (χ1) is 18.0. The minimum Gasteiger partial charge on any atom is -0.324 e. The van der Waals surface area contributed by atoms with Crippen molar-refractivity contribution in [2.75, 3.05) is 5.32 Å². The molecule has 0 spiro atoms. The molecule has 2 unspecified atom stereocenters. The molecular weight excluding hydrogens is 478 g/mol. The highest BCUT2D eigenvalue weighted by atomic mass is 35.5. The van der Waals surface area contributed by atoms with Crippen molar-refractivity contribution in [1.82, 2.24) is 9.97 Å². The van der Waals surface area contributed by atoms with Gasteiger partial charge in [0.25, 0.3) is 0 Å². The number of aromatic amines is 1. The topological polar surface area (TPSA) is 57.8 Å². The summed E-state index contributed by atoms with van der Waals surface area (Å²) in [7, 11) is 0. The quantitative estimate of drug-likeness (QED) is 0.258. The molecule has 5 heteroatoms. The Bertz CT molecular complexity index is 1720. The lowest BCUT2D eigenvalue weighted by Gasteiger charge is -2.49. The van der Waals surface area contributed by atoms with Crippen LogP contribution in [0.3, 0.4) is 0 Å². The van der Waals surface area contributed by atoms with Crippen molar-refractivity contribution in [3.63, 3.8) is 0 Å². The largest absolute Gasteiger partial charge is 0.324 e. The third-order valence-electron chi connectivity index (χ3n) is 8.99. The van der Waals surface area contributed by atoms with Crippen molar-refractivity contribution in [3.8, 4) is 11.3 Å². The number of carbonyl (C=O) groups excluding carboxylic acids is 1. The van der Waals surface area contributed by atoms with Gasteiger partial charge in [-0.25, -0.2) is 4.98 Å². The first-order valence-corrected chi connectivity index (χ1v) is 13.1. The van der Waals surface area contributed by atoms with E-state index >= 15 is 0 Å². The molecular formula is C32H24ClN3O. The van der Waals surface area contributed by atoms with Gasteiger partial charge in [0.05, 0.1) is 22.2 Å². The minimum atomic E-state index is -0.686. The van der Waals surface area contributed by atoms with E-state index in [2.05, 4.69) is 101 Å². The number of H-pyrrole nitrogens is 1. The van der Waals surface area contributed by atoms with E-state index in [0.29, 0.717) is 5.95 Å². The summed E-state index contributed by atoms with van der Waals surface area (Å²) in [4.78, 5) is 21.3. The van der Waals surface area contributed by atoms with E-state index in [0.717, 1.165) is 34.2 Å². The van der Waals surface area contributed by atoms with Gasteiger partial charge in [0.2, 0.25) is 11.9 Å². The Labute approximate surface area is 219 Å². The number of anilines is 1. The van der Waals surface area contributed by atoms with Gasteiger partial charge in [-0.05, 0) is 51.9 Å². The molecule has 9 rings (SSSR count). The summed E-state index contributed by atoms with van der Waals surface area (Å²) in [5.41, 5.74) is 7.25. The van der Waals surface area contributed by atoms with E-state index in [1.54, 1.807) is 6.20 Å². The zero-order valence-electron chi connectivity index (χ0n) is 20.3. The van der Waals surface area contributed by atoms with Crippen LogP contribution in [0, 0.1) is 18.3 Å². The number of carbonyl (C=O) groups is 1. The smallest absolute Gasteiger partial charge is 0.234 e. The lowest BCUT2D eigenvalue weighted by molar-refractivity contribution is -0.122. The zero-order chi connectivity index (χ0) is 24.9. The maximum Gasteiger partial charge on any atom is 0.234 e. The highest BCUT2D eigenvalue weighted by Crippen LogP contribution is 2.79. The van der Waals surface area contributed by atoms with Crippen LogP contribution in [0.5, 0.6) is 0 Å². The summed E-state index contributed by atoms with van der Waals surface area (Å²) in [6.07, 6.45) is 2.56. The molecule has 0 aliphatic heterocycles. The number of benzene rings is 4. The third-order valence-corrected chi connectivity index (χ3v) is 9.66.